The largest absolute Gasteiger partial charge is 0.373 e. The highest BCUT2D eigenvalue weighted by Gasteiger charge is 2.11. The summed E-state index contributed by atoms with van der Waals surface area (Å²) >= 11 is 1.66. The fourth-order valence-corrected chi connectivity index (χ4v) is 2.34. The van der Waals surface area contributed by atoms with E-state index in [1.165, 1.54) is 4.88 Å². The molecule has 1 rings (SSSR count). The van der Waals surface area contributed by atoms with E-state index >= 15 is 0 Å². The smallest absolute Gasteiger partial charge is 0.189 e. The predicted molar refractivity (Wildman–Crippen MR) is 63.9 cm³/mol. The first-order valence-corrected chi connectivity index (χ1v) is 6.14. The Morgan fingerprint density at radius 3 is 2.73 bits per heavy atom. The van der Waals surface area contributed by atoms with Crippen molar-refractivity contribution in [2.75, 3.05) is 13.2 Å². The summed E-state index contributed by atoms with van der Waals surface area (Å²) in [5, 5.41) is 0. The Balaban J connectivity index is 2.43. The van der Waals surface area contributed by atoms with Gasteiger partial charge in [-0.3, -0.25) is 4.79 Å². The average Bonchev–Trinajstić information content (AvgIpc) is 2.52. The topological polar surface area (TPSA) is 26.3 Å². The van der Waals surface area contributed by atoms with E-state index in [2.05, 4.69) is 6.92 Å². The fourth-order valence-electron chi connectivity index (χ4n) is 1.40. The number of Topliss-reactive ketones (excluding diaryl/α,β-unsaturated/α-hetero) is 1. The molecule has 3 heteroatoms. The average molecular weight is 226 g/mol. The molecule has 15 heavy (non-hydrogen) atoms. The molecule has 0 saturated carbocycles. The summed E-state index contributed by atoms with van der Waals surface area (Å²) in [4.78, 5) is 14.0. The molecule has 0 unspecified atom stereocenters. The summed E-state index contributed by atoms with van der Waals surface area (Å²) in [5.74, 6) is 0.105. The van der Waals surface area contributed by atoms with Crippen molar-refractivity contribution in [2.45, 2.75) is 33.6 Å². The van der Waals surface area contributed by atoms with Crippen molar-refractivity contribution in [3.05, 3.63) is 21.4 Å². The van der Waals surface area contributed by atoms with Gasteiger partial charge in [0.05, 0.1) is 0 Å². The second kappa shape index (κ2) is 6.03. The van der Waals surface area contributed by atoms with Crippen LogP contribution in [0.25, 0.3) is 0 Å². The number of rotatable bonds is 6. The summed E-state index contributed by atoms with van der Waals surface area (Å²) in [6, 6.07) is 1.95. The summed E-state index contributed by atoms with van der Waals surface area (Å²) in [6.45, 7) is 7.02. The van der Waals surface area contributed by atoms with Gasteiger partial charge in [-0.2, -0.15) is 0 Å². The molecular formula is C12H18O2S. The number of carbonyl (C=O) groups excluding carboxylic acids is 1. The highest BCUT2D eigenvalue weighted by Crippen LogP contribution is 2.20. The number of ketones is 1. The number of hydrogen-bond acceptors (Lipinski definition) is 3. The molecule has 0 fully saturated rings. The minimum atomic E-state index is 0.105. The maximum absolute atomic E-state index is 11.7. The second-order valence-corrected chi connectivity index (χ2v) is 5.12. The third-order valence-electron chi connectivity index (χ3n) is 2.22. The zero-order valence-electron chi connectivity index (χ0n) is 9.63. The van der Waals surface area contributed by atoms with Gasteiger partial charge >= 0.3 is 0 Å². The number of unbranched alkanes of at least 4 members (excludes halogenated alkanes) is 1. The highest BCUT2D eigenvalue weighted by atomic mass is 32.1. The van der Waals surface area contributed by atoms with Crippen LogP contribution in [0.2, 0.25) is 0 Å². The van der Waals surface area contributed by atoms with Crippen LogP contribution in [0, 0.1) is 13.8 Å². The van der Waals surface area contributed by atoms with Gasteiger partial charge in [0.1, 0.15) is 6.61 Å². The summed E-state index contributed by atoms with van der Waals surface area (Å²) in [6.07, 6.45) is 2.12. The van der Waals surface area contributed by atoms with Crippen molar-refractivity contribution in [2.24, 2.45) is 0 Å². The Hall–Kier alpha value is -0.670. The first-order chi connectivity index (χ1) is 7.15. The lowest BCUT2D eigenvalue weighted by molar-refractivity contribution is 0.0754. The Morgan fingerprint density at radius 1 is 1.47 bits per heavy atom. The van der Waals surface area contributed by atoms with E-state index in [0.29, 0.717) is 6.61 Å². The lowest BCUT2D eigenvalue weighted by atomic mass is 10.2. The van der Waals surface area contributed by atoms with E-state index in [1.807, 2.05) is 19.9 Å². The molecule has 0 amide bonds. The molecule has 0 bridgehead atoms. The Bertz CT molecular complexity index is 328. The van der Waals surface area contributed by atoms with Gasteiger partial charge in [0.2, 0.25) is 0 Å². The van der Waals surface area contributed by atoms with Gasteiger partial charge in [-0.25, -0.2) is 0 Å². The van der Waals surface area contributed by atoms with Gasteiger partial charge in [0, 0.05) is 21.9 Å². The van der Waals surface area contributed by atoms with Crippen molar-refractivity contribution in [1.82, 2.24) is 0 Å². The molecule has 0 saturated heterocycles. The normalized spacial score (nSPS) is 10.6. The van der Waals surface area contributed by atoms with Crippen LogP contribution in [0.5, 0.6) is 0 Å². The Kier molecular flexibility index (Phi) is 4.99. The van der Waals surface area contributed by atoms with Crippen molar-refractivity contribution < 1.29 is 9.53 Å². The van der Waals surface area contributed by atoms with Crippen LogP contribution in [0.4, 0.5) is 0 Å². The molecule has 1 aromatic heterocycles. The van der Waals surface area contributed by atoms with E-state index in [-0.39, 0.29) is 12.4 Å². The van der Waals surface area contributed by atoms with Crippen LogP contribution < -0.4 is 0 Å². The van der Waals surface area contributed by atoms with Crippen LogP contribution in [0.1, 0.15) is 39.9 Å². The van der Waals surface area contributed by atoms with Gasteiger partial charge in [0.15, 0.2) is 5.78 Å². The second-order valence-electron chi connectivity index (χ2n) is 3.66. The number of carbonyl (C=O) groups is 1. The molecule has 1 heterocycles. The lowest BCUT2D eigenvalue weighted by Gasteiger charge is -2.01. The van der Waals surface area contributed by atoms with E-state index in [4.69, 9.17) is 4.74 Å². The fraction of sp³-hybridized carbons (Fsp3) is 0.583. The van der Waals surface area contributed by atoms with E-state index in [1.54, 1.807) is 11.3 Å². The number of aryl methyl sites for hydroxylation is 2. The standard InChI is InChI=1S/C12H18O2S/c1-4-5-6-14-8-12(13)11-7-9(2)15-10(11)3/h7H,4-6,8H2,1-3H3. The van der Waals surface area contributed by atoms with Gasteiger partial charge in [-0.1, -0.05) is 13.3 Å². The third kappa shape index (κ3) is 3.76. The maximum atomic E-state index is 11.7. The zero-order valence-corrected chi connectivity index (χ0v) is 10.4. The van der Waals surface area contributed by atoms with E-state index < -0.39 is 0 Å². The van der Waals surface area contributed by atoms with Crippen LogP contribution >= 0.6 is 11.3 Å². The number of hydrogen-bond donors (Lipinski definition) is 0. The minimum absolute atomic E-state index is 0.105. The summed E-state index contributed by atoms with van der Waals surface area (Å²) in [5.41, 5.74) is 0.828. The lowest BCUT2D eigenvalue weighted by Crippen LogP contribution is -2.09. The van der Waals surface area contributed by atoms with E-state index in [0.717, 1.165) is 23.3 Å². The van der Waals surface area contributed by atoms with Crippen LogP contribution in [0.3, 0.4) is 0 Å². The molecule has 0 spiro atoms. The number of thiophene rings is 1. The number of ether oxygens (including phenoxy) is 1. The zero-order chi connectivity index (χ0) is 11.3. The van der Waals surface area contributed by atoms with Gasteiger partial charge in [-0.05, 0) is 26.3 Å². The molecule has 0 N–H and O–H groups in total. The van der Waals surface area contributed by atoms with Crippen molar-refractivity contribution in [3.63, 3.8) is 0 Å². The van der Waals surface area contributed by atoms with Crippen molar-refractivity contribution in [1.29, 1.82) is 0 Å². The Morgan fingerprint density at radius 2 is 2.20 bits per heavy atom. The maximum Gasteiger partial charge on any atom is 0.189 e. The molecule has 84 valence electrons. The molecule has 0 radical (unpaired) electrons. The first kappa shape index (κ1) is 12.4. The van der Waals surface area contributed by atoms with Crippen molar-refractivity contribution >= 4 is 17.1 Å². The molecule has 0 aliphatic carbocycles. The monoisotopic (exact) mass is 226 g/mol. The Labute approximate surface area is 95.3 Å². The van der Waals surface area contributed by atoms with Gasteiger partial charge in [0.25, 0.3) is 0 Å². The van der Waals surface area contributed by atoms with Crippen LogP contribution in [-0.2, 0) is 4.74 Å². The third-order valence-corrected chi connectivity index (χ3v) is 3.18. The van der Waals surface area contributed by atoms with Gasteiger partial charge < -0.3 is 4.74 Å². The summed E-state index contributed by atoms with van der Waals surface area (Å²) < 4.78 is 5.31. The molecular weight excluding hydrogens is 208 g/mol. The summed E-state index contributed by atoms with van der Waals surface area (Å²) in [7, 11) is 0. The van der Waals surface area contributed by atoms with Crippen molar-refractivity contribution in [3.8, 4) is 0 Å². The molecule has 1 aromatic rings. The first-order valence-electron chi connectivity index (χ1n) is 5.33. The molecule has 2 nitrogen and oxygen atoms in total. The molecule has 0 atom stereocenters. The van der Waals surface area contributed by atoms with Gasteiger partial charge in [-0.15, -0.1) is 11.3 Å². The van der Waals surface area contributed by atoms with Crippen LogP contribution in [0.15, 0.2) is 6.07 Å². The predicted octanol–water partition coefficient (Wildman–Crippen LogP) is 3.36. The highest BCUT2D eigenvalue weighted by molar-refractivity contribution is 7.12. The van der Waals surface area contributed by atoms with Crippen LogP contribution in [-0.4, -0.2) is 19.0 Å². The molecule has 0 aliphatic heterocycles. The minimum Gasteiger partial charge on any atom is -0.373 e. The van der Waals surface area contributed by atoms with E-state index in [9.17, 15) is 4.79 Å². The molecule has 0 aliphatic rings. The SMILES string of the molecule is CCCCOCC(=O)c1cc(C)sc1C. The quantitative estimate of drug-likeness (QED) is 0.549. The molecule has 0 aromatic carbocycles.